The molecular weight excluding hydrogens is 296 g/mol. The van der Waals surface area contributed by atoms with E-state index < -0.39 is 0 Å². The number of allylic oxidation sites excluding steroid dienone is 3. The van der Waals surface area contributed by atoms with E-state index in [2.05, 4.69) is 17.2 Å². The molecule has 0 saturated carbocycles. The molecule has 2 amide bonds. The summed E-state index contributed by atoms with van der Waals surface area (Å²) in [4.78, 5) is 27.9. The van der Waals surface area contributed by atoms with Gasteiger partial charge in [0, 0.05) is 23.1 Å². The van der Waals surface area contributed by atoms with Crippen LogP contribution in [0.4, 0.5) is 0 Å². The minimum absolute atomic E-state index is 0.0906. The van der Waals surface area contributed by atoms with E-state index in [0.29, 0.717) is 11.3 Å². The Labute approximate surface area is 133 Å². The largest absolute Gasteiger partial charge is 0.325 e. The number of rotatable bonds is 3. The fourth-order valence-electron chi connectivity index (χ4n) is 2.62. The summed E-state index contributed by atoms with van der Waals surface area (Å²) >= 11 is 1.47. The molecule has 4 nitrogen and oxygen atoms in total. The number of thiophene rings is 1. The van der Waals surface area contributed by atoms with Crippen LogP contribution < -0.4 is 5.32 Å². The van der Waals surface area contributed by atoms with Gasteiger partial charge in [-0.15, -0.1) is 0 Å². The molecule has 1 aliphatic heterocycles. The van der Waals surface area contributed by atoms with Crippen molar-refractivity contribution in [3.05, 3.63) is 58.0 Å². The molecule has 22 heavy (non-hydrogen) atoms. The van der Waals surface area contributed by atoms with Crippen molar-refractivity contribution in [2.24, 2.45) is 10.9 Å². The molecule has 2 aliphatic rings. The van der Waals surface area contributed by atoms with Crippen LogP contribution in [-0.4, -0.2) is 17.5 Å². The van der Waals surface area contributed by atoms with Gasteiger partial charge >= 0.3 is 0 Å². The first-order valence-corrected chi connectivity index (χ1v) is 8.18. The zero-order valence-corrected chi connectivity index (χ0v) is 13.0. The molecule has 3 rings (SSSR count). The maximum Gasteiger partial charge on any atom is 0.278 e. The number of nitrogens with zero attached hydrogens (tertiary/aromatic N) is 1. The van der Waals surface area contributed by atoms with Crippen LogP contribution in [0.15, 0.2) is 57.4 Å². The highest BCUT2D eigenvalue weighted by Crippen LogP contribution is 2.29. The van der Waals surface area contributed by atoms with Crippen LogP contribution >= 0.6 is 11.3 Å². The first-order chi connectivity index (χ1) is 10.7. The predicted molar refractivity (Wildman–Crippen MR) is 87.9 cm³/mol. The van der Waals surface area contributed by atoms with Gasteiger partial charge in [-0.05, 0) is 30.0 Å². The highest BCUT2D eigenvalue weighted by Gasteiger charge is 2.25. The van der Waals surface area contributed by atoms with Crippen LogP contribution in [0, 0.1) is 5.92 Å². The number of fused-ring (bicyclic) bond motifs is 1. The molecule has 2 heterocycles. The van der Waals surface area contributed by atoms with Gasteiger partial charge < -0.3 is 5.32 Å². The van der Waals surface area contributed by atoms with Crippen molar-refractivity contribution in [2.45, 2.75) is 19.8 Å². The van der Waals surface area contributed by atoms with Crippen LogP contribution in [0.25, 0.3) is 0 Å². The summed E-state index contributed by atoms with van der Waals surface area (Å²) in [5.41, 5.74) is 3.07. The van der Waals surface area contributed by atoms with Gasteiger partial charge in [-0.25, -0.2) is 4.99 Å². The lowest BCUT2D eigenvalue weighted by atomic mass is 9.85. The third-order valence-corrected chi connectivity index (χ3v) is 4.30. The van der Waals surface area contributed by atoms with Gasteiger partial charge in [-0.1, -0.05) is 25.0 Å². The molecule has 1 aromatic heterocycles. The van der Waals surface area contributed by atoms with Crippen molar-refractivity contribution in [3.63, 3.8) is 0 Å². The summed E-state index contributed by atoms with van der Waals surface area (Å²) in [7, 11) is 0. The number of nitrogens with one attached hydrogen (secondary N) is 1. The first-order valence-electron chi connectivity index (χ1n) is 7.24. The fourth-order valence-corrected chi connectivity index (χ4v) is 3.25. The van der Waals surface area contributed by atoms with E-state index in [-0.39, 0.29) is 17.7 Å². The van der Waals surface area contributed by atoms with E-state index >= 15 is 0 Å². The van der Waals surface area contributed by atoms with Gasteiger partial charge in [0.25, 0.3) is 5.91 Å². The Balaban J connectivity index is 1.86. The minimum Gasteiger partial charge on any atom is -0.325 e. The molecule has 112 valence electrons. The van der Waals surface area contributed by atoms with Crippen LogP contribution in [0.5, 0.6) is 0 Å². The second kappa shape index (κ2) is 6.23. The molecule has 5 heteroatoms. The van der Waals surface area contributed by atoms with Crippen LogP contribution in [-0.2, 0) is 4.79 Å². The van der Waals surface area contributed by atoms with Crippen molar-refractivity contribution in [1.29, 1.82) is 0 Å². The Morgan fingerprint density at radius 2 is 2.27 bits per heavy atom. The third kappa shape index (κ3) is 2.99. The van der Waals surface area contributed by atoms with E-state index in [0.717, 1.165) is 24.1 Å². The molecule has 0 bridgehead atoms. The van der Waals surface area contributed by atoms with E-state index in [9.17, 15) is 9.59 Å². The number of carbonyl (C=O) groups is 2. The van der Waals surface area contributed by atoms with Crippen molar-refractivity contribution >= 4 is 28.9 Å². The van der Waals surface area contributed by atoms with E-state index in [1.54, 1.807) is 23.6 Å². The normalized spacial score (nSPS) is 22.0. The van der Waals surface area contributed by atoms with Crippen LogP contribution in [0.3, 0.4) is 0 Å². The average molecular weight is 312 g/mol. The quantitative estimate of drug-likeness (QED) is 0.931. The number of carbonyl (C=O) groups excluding carboxylic acids is 2. The Morgan fingerprint density at radius 3 is 3.00 bits per heavy atom. The summed E-state index contributed by atoms with van der Waals surface area (Å²) in [6.07, 6.45) is 9.19. The standard InChI is InChI=1S/C17H16N2O2S/c1-2-3-11-8-16(20)19-15-9-13(4-5-14(11)15)18-17(21)12-6-7-22-10-12/h4-10,14H,2-3H2,1H3,(H,19,20). The molecule has 0 saturated heterocycles. The lowest BCUT2D eigenvalue weighted by Crippen LogP contribution is -2.33. The average Bonchev–Trinajstić information content (AvgIpc) is 3.01. The van der Waals surface area contributed by atoms with Crippen molar-refractivity contribution < 1.29 is 9.59 Å². The predicted octanol–water partition coefficient (Wildman–Crippen LogP) is 3.26. The Hall–Kier alpha value is -2.27. The van der Waals surface area contributed by atoms with Crippen LogP contribution in [0.2, 0.25) is 0 Å². The van der Waals surface area contributed by atoms with Gasteiger partial charge in [0.2, 0.25) is 5.91 Å². The van der Waals surface area contributed by atoms with Crippen molar-refractivity contribution in [2.75, 3.05) is 0 Å². The Morgan fingerprint density at radius 1 is 1.41 bits per heavy atom. The topological polar surface area (TPSA) is 58.5 Å². The van der Waals surface area contributed by atoms with E-state index in [4.69, 9.17) is 0 Å². The smallest absolute Gasteiger partial charge is 0.278 e. The van der Waals surface area contributed by atoms with E-state index in [1.165, 1.54) is 11.3 Å². The monoisotopic (exact) mass is 312 g/mol. The second-order valence-corrected chi connectivity index (χ2v) is 6.03. The highest BCUT2D eigenvalue weighted by molar-refractivity contribution is 7.08. The number of hydrogen-bond acceptors (Lipinski definition) is 3. The lowest BCUT2D eigenvalue weighted by molar-refractivity contribution is -0.116. The molecule has 1 aromatic rings. The molecular formula is C17H16N2O2S. The zero-order valence-electron chi connectivity index (χ0n) is 12.2. The first kappa shape index (κ1) is 14.7. The van der Waals surface area contributed by atoms with Crippen molar-refractivity contribution in [3.8, 4) is 0 Å². The molecule has 0 spiro atoms. The molecule has 1 unspecified atom stereocenters. The number of aliphatic imine (C=N–C) groups is 1. The molecule has 0 fully saturated rings. The maximum absolute atomic E-state index is 12.0. The highest BCUT2D eigenvalue weighted by atomic mass is 32.1. The molecule has 1 aliphatic carbocycles. The number of amides is 2. The van der Waals surface area contributed by atoms with Gasteiger partial charge in [-0.2, -0.15) is 11.3 Å². The second-order valence-electron chi connectivity index (χ2n) is 5.25. The molecule has 1 N–H and O–H groups in total. The fraction of sp³-hybridized carbons (Fsp3) is 0.235. The summed E-state index contributed by atoms with van der Waals surface area (Å²) in [5, 5.41) is 6.48. The lowest BCUT2D eigenvalue weighted by Gasteiger charge is -2.27. The van der Waals surface area contributed by atoms with Gasteiger partial charge in [-0.3, -0.25) is 9.59 Å². The van der Waals surface area contributed by atoms with Crippen LogP contribution in [0.1, 0.15) is 30.1 Å². The van der Waals surface area contributed by atoms with E-state index in [1.807, 2.05) is 17.5 Å². The summed E-state index contributed by atoms with van der Waals surface area (Å²) in [6.45, 7) is 2.09. The maximum atomic E-state index is 12.0. The Bertz CT molecular complexity index is 724. The van der Waals surface area contributed by atoms with Crippen molar-refractivity contribution in [1.82, 2.24) is 5.32 Å². The molecule has 1 atom stereocenters. The molecule has 0 aromatic carbocycles. The summed E-state index contributed by atoms with van der Waals surface area (Å²) < 4.78 is 0. The Kier molecular flexibility index (Phi) is 4.15. The zero-order chi connectivity index (χ0) is 15.5. The number of hydrogen-bond donors (Lipinski definition) is 1. The van der Waals surface area contributed by atoms with Gasteiger partial charge in [0.15, 0.2) is 0 Å². The summed E-state index contributed by atoms with van der Waals surface area (Å²) in [5.74, 6) is -0.278. The summed E-state index contributed by atoms with van der Waals surface area (Å²) in [6, 6.07) is 1.75. The van der Waals surface area contributed by atoms with Gasteiger partial charge in [0.05, 0.1) is 11.3 Å². The third-order valence-electron chi connectivity index (χ3n) is 3.62. The SMILES string of the molecule is CCCC1=CC(=O)NC2=CC(=NC(=O)c3ccsc3)C=CC12. The molecule has 0 radical (unpaired) electrons. The van der Waals surface area contributed by atoms with Gasteiger partial charge in [0.1, 0.15) is 0 Å². The minimum atomic E-state index is -0.261.